The van der Waals surface area contributed by atoms with E-state index >= 15 is 0 Å². The van der Waals surface area contributed by atoms with Crippen molar-refractivity contribution in [1.29, 1.82) is 0 Å². The van der Waals surface area contributed by atoms with Crippen LogP contribution in [0.2, 0.25) is 0 Å². The summed E-state index contributed by atoms with van der Waals surface area (Å²) < 4.78 is 30.4. The Morgan fingerprint density at radius 1 is 1.21 bits per heavy atom. The third kappa shape index (κ3) is 4.26. The van der Waals surface area contributed by atoms with E-state index in [0.29, 0.717) is 18.0 Å². The molecule has 0 radical (unpaired) electrons. The Balaban J connectivity index is 2.12. The van der Waals surface area contributed by atoms with Crippen LogP contribution in [0.25, 0.3) is 0 Å². The van der Waals surface area contributed by atoms with Gasteiger partial charge in [-0.1, -0.05) is 30.3 Å². The fourth-order valence-corrected chi connectivity index (χ4v) is 2.07. The second-order valence-electron chi connectivity index (χ2n) is 4.02. The molecule has 1 aromatic heterocycles. The number of sulfonamides is 1. The summed E-state index contributed by atoms with van der Waals surface area (Å²) in [7, 11) is -3.35. The number of hydrogen-bond donors (Lipinski definition) is 1. The maximum atomic E-state index is 11.2. The largest absolute Gasteiger partial charge is 0.487 e. The van der Waals surface area contributed by atoms with Crippen molar-refractivity contribution >= 4 is 15.7 Å². The summed E-state index contributed by atoms with van der Waals surface area (Å²) in [6.45, 7) is 0.364. The van der Waals surface area contributed by atoms with Crippen molar-refractivity contribution in [2.24, 2.45) is 0 Å². The van der Waals surface area contributed by atoms with Crippen LogP contribution in [-0.4, -0.2) is 19.7 Å². The molecule has 0 saturated heterocycles. The highest BCUT2D eigenvalue weighted by Crippen LogP contribution is 2.24. The molecule has 0 aliphatic carbocycles. The second-order valence-corrected chi connectivity index (χ2v) is 5.77. The van der Waals surface area contributed by atoms with E-state index < -0.39 is 10.0 Å². The fraction of sp³-hybridized carbons (Fsp3) is 0.154. The zero-order valence-electron chi connectivity index (χ0n) is 10.4. The molecule has 0 atom stereocenters. The first-order valence-corrected chi connectivity index (χ1v) is 7.52. The van der Waals surface area contributed by atoms with Gasteiger partial charge in [0, 0.05) is 12.3 Å². The zero-order valence-corrected chi connectivity index (χ0v) is 11.2. The van der Waals surface area contributed by atoms with Gasteiger partial charge in [-0.15, -0.1) is 0 Å². The number of aromatic nitrogens is 1. The highest BCUT2D eigenvalue weighted by molar-refractivity contribution is 7.92. The second kappa shape index (κ2) is 5.71. The summed E-state index contributed by atoms with van der Waals surface area (Å²) in [5, 5.41) is 0. The lowest BCUT2D eigenvalue weighted by Crippen LogP contribution is -2.11. The van der Waals surface area contributed by atoms with Crippen LogP contribution in [0, 0.1) is 0 Å². The average Bonchev–Trinajstić information content (AvgIpc) is 2.37. The van der Waals surface area contributed by atoms with E-state index in [-0.39, 0.29) is 0 Å². The monoisotopic (exact) mass is 278 g/mol. The van der Waals surface area contributed by atoms with Crippen LogP contribution in [0.5, 0.6) is 5.75 Å². The van der Waals surface area contributed by atoms with Gasteiger partial charge in [0.15, 0.2) is 0 Å². The number of benzene rings is 1. The Kier molecular flexibility index (Phi) is 4.01. The smallest absolute Gasteiger partial charge is 0.229 e. The van der Waals surface area contributed by atoms with E-state index in [1.54, 1.807) is 12.3 Å². The number of anilines is 1. The fourth-order valence-electron chi connectivity index (χ4n) is 1.52. The molecule has 0 unspecified atom stereocenters. The molecule has 19 heavy (non-hydrogen) atoms. The Bertz CT molecular complexity index is 642. The van der Waals surface area contributed by atoms with E-state index in [1.165, 1.54) is 6.20 Å². The first-order valence-electron chi connectivity index (χ1n) is 5.63. The van der Waals surface area contributed by atoms with Crippen molar-refractivity contribution in [3.63, 3.8) is 0 Å². The minimum atomic E-state index is -3.35. The molecule has 0 fully saturated rings. The van der Waals surface area contributed by atoms with Gasteiger partial charge in [0.25, 0.3) is 0 Å². The predicted molar refractivity (Wildman–Crippen MR) is 73.5 cm³/mol. The zero-order chi connectivity index (χ0) is 13.7. The van der Waals surface area contributed by atoms with Gasteiger partial charge in [0.05, 0.1) is 12.5 Å². The van der Waals surface area contributed by atoms with Crippen LogP contribution in [0.4, 0.5) is 5.69 Å². The summed E-state index contributed by atoms with van der Waals surface area (Å²) in [5.41, 5.74) is 1.34. The maximum absolute atomic E-state index is 11.2. The Hall–Kier alpha value is -2.08. The van der Waals surface area contributed by atoms with Crippen molar-refractivity contribution in [1.82, 2.24) is 4.98 Å². The van der Waals surface area contributed by atoms with Crippen molar-refractivity contribution in [3.05, 3.63) is 54.4 Å². The first-order chi connectivity index (χ1) is 9.04. The van der Waals surface area contributed by atoms with Gasteiger partial charge in [-0.3, -0.25) is 9.71 Å². The number of pyridine rings is 1. The van der Waals surface area contributed by atoms with E-state index in [2.05, 4.69) is 9.71 Å². The third-order valence-electron chi connectivity index (χ3n) is 2.31. The number of nitrogens with one attached hydrogen (secondary N) is 1. The normalized spacial score (nSPS) is 11.0. The molecule has 0 aliphatic rings. The molecule has 0 aliphatic heterocycles. The molecule has 0 bridgehead atoms. The van der Waals surface area contributed by atoms with E-state index in [9.17, 15) is 8.42 Å². The number of nitrogens with zero attached hydrogens (tertiary/aromatic N) is 1. The van der Waals surface area contributed by atoms with Crippen LogP contribution in [0.1, 0.15) is 5.56 Å². The predicted octanol–water partition coefficient (Wildman–Crippen LogP) is 2.03. The van der Waals surface area contributed by atoms with Gasteiger partial charge in [0.2, 0.25) is 10.0 Å². The molecule has 5 nitrogen and oxygen atoms in total. The maximum Gasteiger partial charge on any atom is 0.229 e. The van der Waals surface area contributed by atoms with Gasteiger partial charge < -0.3 is 4.74 Å². The highest BCUT2D eigenvalue weighted by Gasteiger charge is 2.08. The van der Waals surface area contributed by atoms with E-state index in [4.69, 9.17) is 4.74 Å². The topological polar surface area (TPSA) is 68.3 Å². The van der Waals surface area contributed by atoms with Gasteiger partial charge in [-0.05, 0) is 5.56 Å². The lowest BCUT2D eigenvalue weighted by molar-refractivity contribution is 0.307. The van der Waals surface area contributed by atoms with Crippen LogP contribution in [0.3, 0.4) is 0 Å². The number of rotatable bonds is 5. The standard InChI is InChI=1S/C13H14N2O3S/c1-19(16,17)15-12-9-14-8-7-13(12)18-10-11-5-3-2-4-6-11/h2-9,15H,10H2,1H3. The minimum Gasteiger partial charge on any atom is -0.487 e. The van der Waals surface area contributed by atoms with Crippen molar-refractivity contribution in [2.45, 2.75) is 6.61 Å². The molecule has 0 amide bonds. The molecule has 0 spiro atoms. The van der Waals surface area contributed by atoms with Gasteiger partial charge in [0.1, 0.15) is 18.0 Å². The molecule has 1 heterocycles. The number of ether oxygens (including phenoxy) is 1. The third-order valence-corrected chi connectivity index (χ3v) is 2.90. The SMILES string of the molecule is CS(=O)(=O)Nc1cnccc1OCc1ccccc1. The van der Waals surface area contributed by atoms with E-state index in [0.717, 1.165) is 11.8 Å². The van der Waals surface area contributed by atoms with E-state index in [1.807, 2.05) is 30.3 Å². The Morgan fingerprint density at radius 2 is 1.95 bits per heavy atom. The van der Waals surface area contributed by atoms with Crippen molar-refractivity contribution < 1.29 is 13.2 Å². The molecule has 0 saturated carbocycles. The lowest BCUT2D eigenvalue weighted by Gasteiger charge is -2.11. The van der Waals surface area contributed by atoms with Crippen molar-refractivity contribution in [3.8, 4) is 5.75 Å². The average molecular weight is 278 g/mol. The molecule has 6 heteroatoms. The molecular weight excluding hydrogens is 264 g/mol. The molecule has 2 aromatic rings. The summed E-state index contributed by atoms with van der Waals surface area (Å²) in [6, 6.07) is 11.3. The van der Waals surface area contributed by atoms with Gasteiger partial charge in [-0.25, -0.2) is 8.42 Å². The first kappa shape index (κ1) is 13.4. The van der Waals surface area contributed by atoms with Crippen LogP contribution in [-0.2, 0) is 16.6 Å². The van der Waals surface area contributed by atoms with Crippen LogP contribution < -0.4 is 9.46 Å². The summed E-state index contributed by atoms with van der Waals surface area (Å²) in [5.74, 6) is 0.448. The molecule has 1 aromatic carbocycles. The summed E-state index contributed by atoms with van der Waals surface area (Å²) in [4.78, 5) is 3.88. The summed E-state index contributed by atoms with van der Waals surface area (Å²) >= 11 is 0. The molecule has 1 N–H and O–H groups in total. The Morgan fingerprint density at radius 3 is 2.63 bits per heavy atom. The summed E-state index contributed by atoms with van der Waals surface area (Å²) in [6.07, 6.45) is 4.05. The number of hydrogen-bond acceptors (Lipinski definition) is 4. The van der Waals surface area contributed by atoms with Gasteiger partial charge >= 0.3 is 0 Å². The highest BCUT2D eigenvalue weighted by atomic mass is 32.2. The quantitative estimate of drug-likeness (QED) is 0.908. The van der Waals surface area contributed by atoms with Crippen molar-refractivity contribution in [2.75, 3.05) is 11.0 Å². The van der Waals surface area contributed by atoms with Gasteiger partial charge in [-0.2, -0.15) is 0 Å². The van der Waals surface area contributed by atoms with Crippen LogP contribution in [0.15, 0.2) is 48.8 Å². The van der Waals surface area contributed by atoms with Crippen LogP contribution >= 0.6 is 0 Å². The molecule has 100 valence electrons. The minimum absolute atomic E-state index is 0.334. The molecular formula is C13H14N2O3S. The Labute approximate surface area is 112 Å². The lowest BCUT2D eigenvalue weighted by atomic mass is 10.2. The molecule has 2 rings (SSSR count).